The summed E-state index contributed by atoms with van der Waals surface area (Å²) in [6.45, 7) is 3.82. The highest BCUT2D eigenvalue weighted by Gasteiger charge is 2.46. The molecule has 0 bridgehead atoms. The number of carbonyl (C=O) groups excluding carboxylic acids is 3. The van der Waals surface area contributed by atoms with Crippen molar-refractivity contribution in [2.24, 2.45) is 0 Å². The van der Waals surface area contributed by atoms with E-state index in [1.807, 2.05) is 24.3 Å². The maximum atomic E-state index is 13.3. The third-order valence-electron chi connectivity index (χ3n) is 6.95. The second-order valence-corrected chi connectivity index (χ2v) is 9.87. The number of nitrogens with one attached hydrogen (secondary N) is 1. The lowest BCUT2D eigenvalue weighted by atomic mass is 9.92. The summed E-state index contributed by atoms with van der Waals surface area (Å²) in [5.41, 5.74) is 1.05. The zero-order valence-corrected chi connectivity index (χ0v) is 23.6. The smallest absolute Gasteiger partial charge is 0.254 e. The third-order valence-corrected chi connectivity index (χ3v) is 6.95. The quantitative estimate of drug-likeness (QED) is 0.327. The minimum absolute atomic E-state index is 0.0269. The Morgan fingerprint density at radius 3 is 2.27 bits per heavy atom. The van der Waals surface area contributed by atoms with Gasteiger partial charge < -0.3 is 29.5 Å². The Morgan fingerprint density at radius 1 is 1.10 bits per heavy atom. The lowest BCUT2D eigenvalue weighted by Crippen LogP contribution is -2.62. The van der Waals surface area contributed by atoms with Gasteiger partial charge in [-0.2, -0.15) is 0 Å². The monoisotopic (exact) mass is 550 g/mol. The third kappa shape index (κ3) is 7.99. The predicted molar refractivity (Wildman–Crippen MR) is 149 cm³/mol. The highest BCUT2D eigenvalue weighted by molar-refractivity contribution is 6.14. The van der Waals surface area contributed by atoms with Crippen LogP contribution < -0.4 is 5.32 Å². The molecule has 0 saturated carbocycles. The van der Waals surface area contributed by atoms with Gasteiger partial charge in [-0.25, -0.2) is 0 Å². The van der Waals surface area contributed by atoms with Crippen LogP contribution in [0.1, 0.15) is 60.2 Å². The van der Waals surface area contributed by atoms with Crippen molar-refractivity contribution in [3.63, 3.8) is 0 Å². The van der Waals surface area contributed by atoms with Crippen molar-refractivity contribution in [2.75, 3.05) is 33.9 Å². The normalized spacial score (nSPS) is 17.1. The summed E-state index contributed by atoms with van der Waals surface area (Å²) in [6, 6.07) is 14.3. The van der Waals surface area contributed by atoms with E-state index in [0.29, 0.717) is 30.8 Å². The number of amides is 2. The van der Waals surface area contributed by atoms with Crippen LogP contribution in [-0.2, 0) is 30.4 Å². The van der Waals surface area contributed by atoms with Crippen LogP contribution in [0.2, 0.25) is 0 Å². The molecule has 2 N–H and O–H groups in total. The van der Waals surface area contributed by atoms with E-state index in [9.17, 15) is 14.4 Å². The first-order chi connectivity index (χ1) is 19.2. The lowest BCUT2D eigenvalue weighted by Gasteiger charge is -2.36. The summed E-state index contributed by atoms with van der Waals surface area (Å²) >= 11 is 0. The molecule has 2 aromatic rings. The number of hydrogen-bond donors (Lipinski definition) is 2. The number of likely N-dealkylation sites (N-methyl/N-ethyl adjacent to an activating group) is 2. The standard InChI is InChI=1S/C31H38N2O7/c1-22(19-34)39-20-25-12-10-23(11-13-25)8-9-24-14-16-26(17-15-24)29(36)33(4)31(2,30(37)32-3)27(35)21-40-28-7-5-6-18-38-28/h10-17,22,28,34H,5-7,18-21H2,1-4H3,(H,32,37)/t22-,28?,31-/m1/s1. The summed E-state index contributed by atoms with van der Waals surface area (Å²) in [5.74, 6) is 4.53. The Morgan fingerprint density at radius 2 is 1.73 bits per heavy atom. The van der Waals surface area contributed by atoms with Crippen molar-refractivity contribution in [3.8, 4) is 11.8 Å². The second kappa shape index (κ2) is 14.7. The maximum Gasteiger partial charge on any atom is 0.254 e. The van der Waals surface area contributed by atoms with Gasteiger partial charge in [-0.1, -0.05) is 24.0 Å². The molecule has 214 valence electrons. The molecule has 2 aromatic carbocycles. The molecule has 0 radical (unpaired) electrons. The molecule has 40 heavy (non-hydrogen) atoms. The Bertz CT molecular complexity index is 1210. The summed E-state index contributed by atoms with van der Waals surface area (Å²) in [4.78, 5) is 40.5. The lowest BCUT2D eigenvalue weighted by molar-refractivity contribution is -0.174. The summed E-state index contributed by atoms with van der Waals surface area (Å²) < 4.78 is 16.6. The topological polar surface area (TPSA) is 114 Å². The maximum absolute atomic E-state index is 13.3. The van der Waals surface area contributed by atoms with Crippen molar-refractivity contribution >= 4 is 17.6 Å². The van der Waals surface area contributed by atoms with Gasteiger partial charge in [-0.3, -0.25) is 14.4 Å². The van der Waals surface area contributed by atoms with E-state index in [1.54, 1.807) is 31.2 Å². The zero-order valence-electron chi connectivity index (χ0n) is 23.6. The predicted octanol–water partition coefficient (Wildman–Crippen LogP) is 2.67. The number of nitrogens with zero attached hydrogens (tertiary/aromatic N) is 1. The number of ether oxygens (including phenoxy) is 3. The average Bonchev–Trinajstić information content (AvgIpc) is 3.01. The molecule has 9 nitrogen and oxygen atoms in total. The Labute approximate surface area is 235 Å². The Balaban J connectivity index is 1.66. The summed E-state index contributed by atoms with van der Waals surface area (Å²) in [6.07, 6.45) is 1.85. The fourth-order valence-corrected chi connectivity index (χ4v) is 4.07. The number of carbonyl (C=O) groups is 3. The molecule has 1 aliphatic heterocycles. The summed E-state index contributed by atoms with van der Waals surface area (Å²) in [7, 11) is 2.85. The number of Topliss-reactive ketones (excluding diaryl/α,β-unsaturated/α-hetero) is 1. The fraction of sp³-hybridized carbons (Fsp3) is 0.452. The number of aliphatic hydroxyl groups excluding tert-OH is 1. The number of rotatable bonds is 11. The molecule has 1 saturated heterocycles. The number of ketones is 1. The Kier molecular flexibility index (Phi) is 11.4. The highest BCUT2D eigenvalue weighted by Crippen LogP contribution is 2.21. The first-order valence-electron chi connectivity index (χ1n) is 13.4. The van der Waals surface area contributed by atoms with Crippen molar-refractivity contribution < 1.29 is 33.7 Å². The van der Waals surface area contributed by atoms with Crippen molar-refractivity contribution in [3.05, 3.63) is 70.8 Å². The number of hydrogen-bond acceptors (Lipinski definition) is 7. The van der Waals surface area contributed by atoms with Gasteiger partial charge in [-0.05, 0) is 75.1 Å². The highest BCUT2D eigenvalue weighted by atomic mass is 16.7. The van der Waals surface area contributed by atoms with Crippen LogP contribution >= 0.6 is 0 Å². The van der Waals surface area contributed by atoms with Crippen LogP contribution in [-0.4, -0.2) is 79.5 Å². The van der Waals surface area contributed by atoms with Crippen molar-refractivity contribution in [1.29, 1.82) is 0 Å². The van der Waals surface area contributed by atoms with Crippen LogP contribution in [0.25, 0.3) is 0 Å². The summed E-state index contributed by atoms with van der Waals surface area (Å²) in [5, 5.41) is 11.6. The van der Waals surface area contributed by atoms with E-state index in [2.05, 4.69) is 17.2 Å². The van der Waals surface area contributed by atoms with Gasteiger partial charge in [0.1, 0.15) is 6.61 Å². The molecule has 9 heteroatoms. The van der Waals surface area contributed by atoms with Crippen LogP contribution in [0.3, 0.4) is 0 Å². The second-order valence-electron chi connectivity index (χ2n) is 9.87. The van der Waals surface area contributed by atoms with E-state index >= 15 is 0 Å². The van der Waals surface area contributed by atoms with E-state index in [1.165, 1.54) is 21.0 Å². The largest absolute Gasteiger partial charge is 0.394 e. The zero-order chi connectivity index (χ0) is 29.1. The van der Waals surface area contributed by atoms with Crippen LogP contribution in [0.15, 0.2) is 48.5 Å². The molecule has 1 aliphatic rings. The van der Waals surface area contributed by atoms with Gasteiger partial charge in [0.05, 0.1) is 19.3 Å². The van der Waals surface area contributed by atoms with Crippen molar-refractivity contribution in [1.82, 2.24) is 10.2 Å². The molecule has 3 atom stereocenters. The number of aliphatic hydroxyl groups is 1. The molecule has 0 aromatic heterocycles. The van der Waals surface area contributed by atoms with Gasteiger partial charge >= 0.3 is 0 Å². The van der Waals surface area contributed by atoms with Gasteiger partial charge in [0.2, 0.25) is 0 Å². The molecule has 0 aliphatic carbocycles. The molecular formula is C31H38N2O7. The van der Waals surface area contributed by atoms with E-state index in [4.69, 9.17) is 19.3 Å². The minimum Gasteiger partial charge on any atom is -0.394 e. The molecule has 3 rings (SSSR count). The van der Waals surface area contributed by atoms with Crippen LogP contribution in [0.4, 0.5) is 0 Å². The molecule has 1 heterocycles. The first-order valence-corrected chi connectivity index (χ1v) is 13.4. The van der Waals surface area contributed by atoms with Gasteiger partial charge in [0, 0.05) is 37.4 Å². The van der Waals surface area contributed by atoms with Gasteiger partial charge in [0.15, 0.2) is 17.6 Å². The molecule has 1 unspecified atom stereocenters. The van der Waals surface area contributed by atoms with Gasteiger partial charge in [-0.15, -0.1) is 0 Å². The van der Waals surface area contributed by atoms with E-state index in [0.717, 1.165) is 28.9 Å². The molecule has 0 spiro atoms. The average molecular weight is 551 g/mol. The fourth-order valence-electron chi connectivity index (χ4n) is 4.07. The molecule has 1 fully saturated rings. The SMILES string of the molecule is CNC(=O)[C@@](C)(C(=O)COC1CCCCO1)N(C)C(=O)c1ccc(C#Cc2ccc(CO[C@H](C)CO)cc2)cc1. The van der Waals surface area contributed by atoms with E-state index in [-0.39, 0.29) is 19.3 Å². The first kappa shape index (κ1) is 31.0. The van der Waals surface area contributed by atoms with Crippen molar-refractivity contribution in [2.45, 2.75) is 57.6 Å². The Hall–Kier alpha value is -3.55. The number of benzene rings is 2. The van der Waals surface area contributed by atoms with Gasteiger partial charge in [0.25, 0.3) is 11.8 Å². The molecular weight excluding hydrogens is 512 g/mol. The van der Waals surface area contributed by atoms with E-state index < -0.39 is 29.4 Å². The molecule has 2 amide bonds. The van der Waals surface area contributed by atoms with Crippen LogP contribution in [0, 0.1) is 11.8 Å². The minimum atomic E-state index is -1.77. The van der Waals surface area contributed by atoms with Crippen LogP contribution in [0.5, 0.6) is 0 Å².